The number of amides is 1. The van der Waals surface area contributed by atoms with Gasteiger partial charge in [-0.1, -0.05) is 18.7 Å². The Hall–Kier alpha value is -1.34. The topological polar surface area (TPSA) is 101 Å². The molecule has 1 amide bonds. The Kier molecular flexibility index (Phi) is 6.04. The molecular weight excluding hydrogens is 264 g/mol. The van der Waals surface area contributed by atoms with Crippen molar-refractivity contribution in [3.8, 4) is 0 Å². The third-order valence-corrected chi connectivity index (χ3v) is 3.79. The summed E-state index contributed by atoms with van der Waals surface area (Å²) in [7, 11) is 0. The predicted octanol–water partition coefficient (Wildman–Crippen LogP) is 0.496. The summed E-state index contributed by atoms with van der Waals surface area (Å²) in [4.78, 5) is 29.2. The van der Waals surface area contributed by atoms with Crippen LogP contribution in [0.3, 0.4) is 0 Å². The molecule has 0 aliphatic heterocycles. The maximum absolute atomic E-state index is 11.4. The zero-order valence-corrected chi connectivity index (χ0v) is 12.0. The minimum atomic E-state index is -0.674. The number of nitrogens with zero attached hydrogens (tertiary/aromatic N) is 1. The van der Waals surface area contributed by atoms with Gasteiger partial charge in [-0.2, -0.15) is 0 Å². The molecule has 0 saturated heterocycles. The van der Waals surface area contributed by atoms with Gasteiger partial charge in [0.05, 0.1) is 5.54 Å². The SMILES string of the molecule is CCNC(C)(CCCSc1nccc(=O)[nH]1)C(N)=O. The van der Waals surface area contributed by atoms with Crippen LogP contribution in [0.5, 0.6) is 0 Å². The molecule has 4 N–H and O–H groups in total. The molecular formula is C12H20N4O2S. The zero-order chi connectivity index (χ0) is 14.3. The van der Waals surface area contributed by atoms with Crippen LogP contribution in [-0.2, 0) is 4.79 Å². The van der Waals surface area contributed by atoms with Crippen molar-refractivity contribution in [3.05, 3.63) is 22.6 Å². The van der Waals surface area contributed by atoms with Gasteiger partial charge < -0.3 is 16.0 Å². The van der Waals surface area contributed by atoms with Crippen LogP contribution in [0.2, 0.25) is 0 Å². The average Bonchev–Trinajstić information content (AvgIpc) is 2.35. The summed E-state index contributed by atoms with van der Waals surface area (Å²) >= 11 is 1.46. The monoisotopic (exact) mass is 284 g/mol. The molecule has 1 heterocycles. The fourth-order valence-corrected chi connectivity index (χ4v) is 2.50. The summed E-state index contributed by atoms with van der Waals surface area (Å²) in [5.74, 6) is 0.423. The number of aromatic nitrogens is 2. The van der Waals surface area contributed by atoms with E-state index in [9.17, 15) is 9.59 Å². The lowest BCUT2D eigenvalue weighted by Crippen LogP contribution is -2.53. The number of nitrogens with two attached hydrogens (primary N) is 1. The Morgan fingerprint density at radius 1 is 1.63 bits per heavy atom. The van der Waals surface area contributed by atoms with Crippen LogP contribution in [0.15, 0.2) is 22.2 Å². The Labute approximate surface area is 116 Å². The van der Waals surface area contributed by atoms with E-state index < -0.39 is 5.54 Å². The molecule has 19 heavy (non-hydrogen) atoms. The van der Waals surface area contributed by atoms with Gasteiger partial charge in [0.15, 0.2) is 5.16 Å². The Morgan fingerprint density at radius 3 is 2.95 bits per heavy atom. The predicted molar refractivity (Wildman–Crippen MR) is 76.1 cm³/mol. The highest BCUT2D eigenvalue weighted by Gasteiger charge is 2.28. The number of likely N-dealkylation sites (N-methyl/N-ethyl adjacent to an activating group) is 1. The fourth-order valence-electron chi connectivity index (χ4n) is 1.71. The van der Waals surface area contributed by atoms with E-state index in [1.54, 1.807) is 0 Å². The second kappa shape index (κ2) is 7.30. The largest absolute Gasteiger partial charge is 0.368 e. The van der Waals surface area contributed by atoms with Crippen LogP contribution in [0, 0.1) is 0 Å². The van der Waals surface area contributed by atoms with Crippen molar-refractivity contribution < 1.29 is 4.79 Å². The Morgan fingerprint density at radius 2 is 2.37 bits per heavy atom. The van der Waals surface area contributed by atoms with Gasteiger partial charge in [0.25, 0.3) is 5.56 Å². The van der Waals surface area contributed by atoms with E-state index >= 15 is 0 Å². The molecule has 1 aromatic rings. The van der Waals surface area contributed by atoms with Crippen LogP contribution in [0.4, 0.5) is 0 Å². The number of carbonyl (C=O) groups is 1. The fraction of sp³-hybridized carbons (Fsp3) is 0.583. The first-order valence-corrected chi connectivity index (χ1v) is 7.19. The van der Waals surface area contributed by atoms with E-state index in [1.165, 1.54) is 24.0 Å². The normalized spacial score (nSPS) is 14.0. The highest BCUT2D eigenvalue weighted by Crippen LogP contribution is 2.17. The number of rotatable bonds is 8. The quantitative estimate of drug-likeness (QED) is 0.366. The van der Waals surface area contributed by atoms with Crippen molar-refractivity contribution >= 4 is 17.7 Å². The maximum atomic E-state index is 11.4. The highest BCUT2D eigenvalue weighted by molar-refractivity contribution is 7.99. The standard InChI is InChI=1S/C12H20N4O2S/c1-3-15-12(2,10(13)18)6-4-8-19-11-14-7-5-9(17)16-11/h5,7,15H,3-4,6,8H2,1-2H3,(H2,13,18)(H,14,16,17). The summed E-state index contributed by atoms with van der Waals surface area (Å²) in [5.41, 5.74) is 4.57. The molecule has 1 atom stereocenters. The van der Waals surface area contributed by atoms with E-state index in [-0.39, 0.29) is 11.5 Å². The summed E-state index contributed by atoms with van der Waals surface area (Å²) in [6, 6.07) is 1.37. The molecule has 7 heteroatoms. The summed E-state index contributed by atoms with van der Waals surface area (Å²) in [5, 5.41) is 3.70. The van der Waals surface area contributed by atoms with Crippen molar-refractivity contribution in [2.45, 2.75) is 37.4 Å². The van der Waals surface area contributed by atoms with E-state index in [1.807, 2.05) is 13.8 Å². The lowest BCUT2D eigenvalue weighted by Gasteiger charge is -2.26. The Bertz CT molecular complexity index is 477. The van der Waals surface area contributed by atoms with Gasteiger partial charge >= 0.3 is 0 Å². The molecule has 0 saturated carbocycles. The first kappa shape index (κ1) is 15.7. The van der Waals surface area contributed by atoms with Crippen LogP contribution in [0.25, 0.3) is 0 Å². The highest BCUT2D eigenvalue weighted by atomic mass is 32.2. The number of carbonyl (C=O) groups excluding carboxylic acids is 1. The minimum absolute atomic E-state index is 0.160. The minimum Gasteiger partial charge on any atom is -0.368 e. The first-order chi connectivity index (χ1) is 8.98. The number of primary amides is 1. The molecule has 106 valence electrons. The van der Waals surface area contributed by atoms with Crippen molar-refractivity contribution in [1.82, 2.24) is 15.3 Å². The van der Waals surface area contributed by atoms with Crippen molar-refractivity contribution in [2.75, 3.05) is 12.3 Å². The molecule has 0 bridgehead atoms. The van der Waals surface area contributed by atoms with Crippen molar-refractivity contribution in [2.24, 2.45) is 5.73 Å². The lowest BCUT2D eigenvalue weighted by molar-refractivity contribution is -0.124. The van der Waals surface area contributed by atoms with Crippen LogP contribution in [0.1, 0.15) is 26.7 Å². The van der Waals surface area contributed by atoms with Gasteiger partial charge in [0, 0.05) is 18.0 Å². The number of thioether (sulfide) groups is 1. The third kappa shape index (κ3) is 5.04. The molecule has 0 radical (unpaired) electrons. The van der Waals surface area contributed by atoms with Crippen LogP contribution < -0.4 is 16.6 Å². The molecule has 0 aliphatic carbocycles. The van der Waals surface area contributed by atoms with E-state index in [2.05, 4.69) is 15.3 Å². The molecule has 0 aromatic carbocycles. The maximum Gasteiger partial charge on any atom is 0.251 e. The van der Waals surface area contributed by atoms with E-state index in [0.29, 0.717) is 18.1 Å². The van der Waals surface area contributed by atoms with Gasteiger partial charge in [0.2, 0.25) is 5.91 Å². The molecule has 1 aromatic heterocycles. The average molecular weight is 284 g/mol. The first-order valence-electron chi connectivity index (χ1n) is 6.21. The number of hydrogen-bond donors (Lipinski definition) is 3. The zero-order valence-electron chi connectivity index (χ0n) is 11.2. The van der Waals surface area contributed by atoms with Gasteiger partial charge in [-0.15, -0.1) is 0 Å². The molecule has 6 nitrogen and oxygen atoms in total. The number of nitrogens with one attached hydrogen (secondary N) is 2. The molecule has 1 rings (SSSR count). The van der Waals surface area contributed by atoms with Crippen LogP contribution >= 0.6 is 11.8 Å². The number of H-pyrrole nitrogens is 1. The Balaban J connectivity index is 2.41. The van der Waals surface area contributed by atoms with Gasteiger partial charge in [-0.25, -0.2) is 4.98 Å². The third-order valence-electron chi connectivity index (χ3n) is 2.82. The second-order valence-electron chi connectivity index (χ2n) is 4.42. The van der Waals surface area contributed by atoms with Crippen molar-refractivity contribution in [1.29, 1.82) is 0 Å². The number of hydrogen-bond acceptors (Lipinski definition) is 5. The van der Waals surface area contributed by atoms with Gasteiger partial charge in [-0.05, 0) is 26.3 Å². The van der Waals surface area contributed by atoms with Crippen molar-refractivity contribution in [3.63, 3.8) is 0 Å². The van der Waals surface area contributed by atoms with Gasteiger partial charge in [-0.3, -0.25) is 9.59 Å². The molecule has 0 spiro atoms. The summed E-state index contributed by atoms with van der Waals surface area (Å²) in [6.07, 6.45) is 2.93. The smallest absolute Gasteiger partial charge is 0.251 e. The van der Waals surface area contributed by atoms with Gasteiger partial charge in [0.1, 0.15) is 0 Å². The summed E-state index contributed by atoms with van der Waals surface area (Å²) < 4.78 is 0. The lowest BCUT2D eigenvalue weighted by atomic mass is 9.95. The summed E-state index contributed by atoms with van der Waals surface area (Å²) in [6.45, 7) is 4.45. The van der Waals surface area contributed by atoms with E-state index in [4.69, 9.17) is 5.73 Å². The van der Waals surface area contributed by atoms with E-state index in [0.717, 1.165) is 12.2 Å². The van der Waals surface area contributed by atoms with Crippen LogP contribution in [-0.4, -0.2) is 33.7 Å². The molecule has 0 aliphatic rings. The number of aromatic amines is 1. The second-order valence-corrected chi connectivity index (χ2v) is 5.50. The molecule has 0 fully saturated rings. The molecule has 1 unspecified atom stereocenters.